The van der Waals surface area contributed by atoms with Crippen molar-refractivity contribution in [3.05, 3.63) is 16.6 Å². The highest BCUT2D eigenvalue weighted by atomic mass is 32.1. The van der Waals surface area contributed by atoms with Crippen LogP contribution in [-0.4, -0.2) is 41.8 Å². The highest BCUT2D eigenvalue weighted by Crippen LogP contribution is 2.03. The Kier molecular flexibility index (Phi) is 6.09. The summed E-state index contributed by atoms with van der Waals surface area (Å²) in [4.78, 5) is 26.7. The molecule has 2 amide bonds. The zero-order valence-corrected chi connectivity index (χ0v) is 10.7. The van der Waals surface area contributed by atoms with Gasteiger partial charge in [0.25, 0.3) is 0 Å². The second kappa shape index (κ2) is 7.62. The van der Waals surface area contributed by atoms with E-state index in [1.54, 1.807) is 11.7 Å². The molecule has 1 unspecified atom stereocenters. The number of nitrogens with zero attached hydrogens (tertiary/aromatic N) is 1. The van der Waals surface area contributed by atoms with Crippen LogP contribution in [0.25, 0.3) is 0 Å². The van der Waals surface area contributed by atoms with Crippen molar-refractivity contribution in [2.45, 2.75) is 19.1 Å². The van der Waals surface area contributed by atoms with Gasteiger partial charge >= 0.3 is 12.0 Å². The third-order valence-electron chi connectivity index (χ3n) is 2.13. The van der Waals surface area contributed by atoms with Crippen molar-refractivity contribution in [2.24, 2.45) is 0 Å². The number of thiazole rings is 1. The monoisotopic (exact) mass is 273 g/mol. The van der Waals surface area contributed by atoms with Gasteiger partial charge in [0.05, 0.1) is 24.6 Å². The van der Waals surface area contributed by atoms with Crippen molar-refractivity contribution in [1.29, 1.82) is 0 Å². The molecule has 1 rings (SSSR count). The Labute approximate surface area is 108 Å². The van der Waals surface area contributed by atoms with Crippen LogP contribution in [0.4, 0.5) is 4.79 Å². The van der Waals surface area contributed by atoms with Gasteiger partial charge in [-0.1, -0.05) is 0 Å². The summed E-state index contributed by atoms with van der Waals surface area (Å²) in [5, 5.41) is 13.8. The molecule has 0 fully saturated rings. The first kappa shape index (κ1) is 14.4. The third kappa shape index (κ3) is 5.60. The zero-order valence-electron chi connectivity index (χ0n) is 9.88. The lowest BCUT2D eigenvalue weighted by atomic mass is 10.2. The predicted molar refractivity (Wildman–Crippen MR) is 65.4 cm³/mol. The molecule has 8 heteroatoms. The molecule has 18 heavy (non-hydrogen) atoms. The van der Waals surface area contributed by atoms with E-state index in [0.717, 1.165) is 4.88 Å². The molecule has 0 aliphatic rings. The maximum Gasteiger partial charge on any atom is 0.315 e. The topological polar surface area (TPSA) is 101 Å². The SMILES string of the molecule is COC(CNC(=O)NCc1cncs1)CC(=O)O. The molecule has 1 heterocycles. The van der Waals surface area contributed by atoms with E-state index in [-0.39, 0.29) is 19.0 Å². The van der Waals surface area contributed by atoms with Crippen LogP contribution in [-0.2, 0) is 16.1 Å². The van der Waals surface area contributed by atoms with E-state index in [0.29, 0.717) is 6.54 Å². The minimum absolute atomic E-state index is 0.147. The van der Waals surface area contributed by atoms with E-state index in [4.69, 9.17) is 9.84 Å². The first-order chi connectivity index (χ1) is 8.61. The van der Waals surface area contributed by atoms with Gasteiger partial charge in [0.2, 0.25) is 0 Å². The summed E-state index contributed by atoms with van der Waals surface area (Å²) >= 11 is 1.45. The number of amides is 2. The van der Waals surface area contributed by atoms with Crippen molar-refractivity contribution in [3.63, 3.8) is 0 Å². The van der Waals surface area contributed by atoms with Gasteiger partial charge in [-0.25, -0.2) is 4.79 Å². The number of methoxy groups -OCH3 is 1. The standard InChI is InChI=1S/C10H15N3O4S/c1-17-7(2-9(14)15)3-12-10(16)13-5-8-4-11-6-18-8/h4,6-7H,2-3,5H2,1H3,(H,14,15)(H2,12,13,16). The minimum Gasteiger partial charge on any atom is -0.481 e. The minimum atomic E-state index is -0.964. The van der Waals surface area contributed by atoms with Crippen LogP contribution in [0.5, 0.6) is 0 Å². The summed E-state index contributed by atoms with van der Waals surface area (Å²) in [5.41, 5.74) is 1.68. The number of aromatic nitrogens is 1. The third-order valence-corrected chi connectivity index (χ3v) is 2.91. The van der Waals surface area contributed by atoms with Gasteiger partial charge in [0.1, 0.15) is 0 Å². The largest absolute Gasteiger partial charge is 0.481 e. The smallest absolute Gasteiger partial charge is 0.315 e. The van der Waals surface area contributed by atoms with Gasteiger partial charge in [-0.2, -0.15) is 0 Å². The number of rotatable bonds is 7. The molecule has 0 spiro atoms. The maximum absolute atomic E-state index is 11.4. The van der Waals surface area contributed by atoms with E-state index in [2.05, 4.69) is 15.6 Å². The Hall–Kier alpha value is -1.67. The number of carboxylic acid groups (broad SMARTS) is 1. The predicted octanol–water partition coefficient (Wildman–Crippen LogP) is 0.432. The maximum atomic E-state index is 11.4. The number of carbonyl (C=O) groups is 2. The molecule has 0 aliphatic carbocycles. The number of hydrogen-bond donors (Lipinski definition) is 3. The number of hydrogen-bond acceptors (Lipinski definition) is 5. The van der Waals surface area contributed by atoms with Crippen molar-refractivity contribution in [3.8, 4) is 0 Å². The molecule has 3 N–H and O–H groups in total. The number of nitrogens with one attached hydrogen (secondary N) is 2. The second-order valence-electron chi connectivity index (χ2n) is 3.49. The Morgan fingerprint density at radius 2 is 2.33 bits per heavy atom. The van der Waals surface area contributed by atoms with Gasteiger partial charge in [-0.05, 0) is 0 Å². The van der Waals surface area contributed by atoms with Crippen molar-refractivity contribution in [2.75, 3.05) is 13.7 Å². The van der Waals surface area contributed by atoms with E-state index < -0.39 is 12.1 Å². The fraction of sp³-hybridized carbons (Fsp3) is 0.500. The molecule has 100 valence electrons. The molecule has 0 bridgehead atoms. The Bertz CT molecular complexity index is 382. The van der Waals surface area contributed by atoms with Crippen LogP contribution in [0.1, 0.15) is 11.3 Å². The number of ether oxygens (including phenoxy) is 1. The van der Waals surface area contributed by atoms with E-state index in [9.17, 15) is 9.59 Å². The van der Waals surface area contributed by atoms with Crippen LogP contribution in [0.3, 0.4) is 0 Å². The molecule has 0 saturated heterocycles. The van der Waals surface area contributed by atoms with Gasteiger partial charge in [-0.3, -0.25) is 9.78 Å². The zero-order chi connectivity index (χ0) is 13.4. The number of urea groups is 1. The molecule has 0 aromatic carbocycles. The number of carboxylic acids is 1. The number of carbonyl (C=O) groups excluding carboxylic acids is 1. The Balaban J connectivity index is 2.21. The normalized spacial score (nSPS) is 11.8. The molecule has 1 aromatic rings. The molecule has 1 aromatic heterocycles. The van der Waals surface area contributed by atoms with Gasteiger partial charge in [-0.15, -0.1) is 11.3 Å². The molecule has 7 nitrogen and oxygen atoms in total. The summed E-state index contributed by atoms with van der Waals surface area (Å²) in [5.74, 6) is -0.964. The Morgan fingerprint density at radius 1 is 1.56 bits per heavy atom. The summed E-state index contributed by atoms with van der Waals surface area (Å²) < 4.78 is 4.93. The average Bonchev–Trinajstić information content (AvgIpc) is 2.84. The first-order valence-electron chi connectivity index (χ1n) is 5.25. The quantitative estimate of drug-likeness (QED) is 0.669. The van der Waals surface area contributed by atoms with E-state index in [1.807, 2.05) is 0 Å². The highest BCUT2D eigenvalue weighted by Gasteiger charge is 2.13. The molecule has 0 saturated carbocycles. The summed E-state index contributed by atoms with van der Waals surface area (Å²) in [6.07, 6.45) is 0.996. The average molecular weight is 273 g/mol. The molecular formula is C10H15N3O4S. The van der Waals surface area contributed by atoms with Gasteiger partial charge in [0.15, 0.2) is 0 Å². The molecule has 1 atom stereocenters. The fourth-order valence-corrected chi connectivity index (χ4v) is 1.73. The lowest BCUT2D eigenvalue weighted by Crippen LogP contribution is -2.40. The van der Waals surface area contributed by atoms with E-state index >= 15 is 0 Å². The van der Waals surface area contributed by atoms with Gasteiger partial charge < -0.3 is 20.5 Å². The van der Waals surface area contributed by atoms with Crippen LogP contribution in [0.2, 0.25) is 0 Å². The van der Waals surface area contributed by atoms with E-state index in [1.165, 1.54) is 18.4 Å². The van der Waals surface area contributed by atoms with Crippen molar-refractivity contribution in [1.82, 2.24) is 15.6 Å². The molecular weight excluding hydrogens is 258 g/mol. The summed E-state index contributed by atoms with van der Waals surface area (Å²) in [6.45, 7) is 0.546. The van der Waals surface area contributed by atoms with Crippen molar-refractivity contribution >= 4 is 23.3 Å². The molecule has 0 radical (unpaired) electrons. The number of aliphatic carboxylic acids is 1. The first-order valence-corrected chi connectivity index (χ1v) is 6.13. The lowest BCUT2D eigenvalue weighted by molar-refractivity contribution is -0.139. The second-order valence-corrected chi connectivity index (χ2v) is 4.46. The van der Waals surface area contributed by atoms with Crippen LogP contribution >= 0.6 is 11.3 Å². The molecule has 0 aliphatic heterocycles. The van der Waals surface area contributed by atoms with Crippen LogP contribution < -0.4 is 10.6 Å². The summed E-state index contributed by atoms with van der Waals surface area (Å²) in [7, 11) is 1.41. The van der Waals surface area contributed by atoms with Crippen LogP contribution in [0.15, 0.2) is 11.7 Å². The Morgan fingerprint density at radius 3 is 2.89 bits per heavy atom. The van der Waals surface area contributed by atoms with Gasteiger partial charge in [0, 0.05) is 24.7 Å². The highest BCUT2D eigenvalue weighted by molar-refractivity contribution is 7.09. The van der Waals surface area contributed by atoms with Crippen LogP contribution in [0, 0.1) is 0 Å². The fourth-order valence-electron chi connectivity index (χ4n) is 1.20. The van der Waals surface area contributed by atoms with Crippen molar-refractivity contribution < 1.29 is 19.4 Å². The summed E-state index contributed by atoms with van der Waals surface area (Å²) in [6, 6.07) is -0.365. The lowest BCUT2D eigenvalue weighted by Gasteiger charge is -2.14.